The van der Waals surface area contributed by atoms with Crippen LogP contribution in [0.25, 0.3) is 0 Å². The third kappa shape index (κ3) is 3.60. The highest BCUT2D eigenvalue weighted by atomic mass is 16.5. The van der Waals surface area contributed by atoms with Gasteiger partial charge in [-0.25, -0.2) is 0 Å². The van der Waals surface area contributed by atoms with Gasteiger partial charge in [0.1, 0.15) is 5.75 Å². The summed E-state index contributed by atoms with van der Waals surface area (Å²) < 4.78 is 5.46. The van der Waals surface area contributed by atoms with Crippen LogP contribution in [-0.4, -0.2) is 69.7 Å². The number of nitrogens with zero attached hydrogens (tertiary/aromatic N) is 4. The van der Waals surface area contributed by atoms with Crippen molar-refractivity contribution in [3.05, 3.63) is 24.3 Å². The quantitative estimate of drug-likeness (QED) is 0.627. The third-order valence-electron chi connectivity index (χ3n) is 3.69. The number of hydrogen-bond donors (Lipinski definition) is 0. The van der Waals surface area contributed by atoms with E-state index in [0.29, 0.717) is 0 Å². The number of benzene rings is 1. The molecular formula is C16H26N4O. The molecule has 2 rings (SSSR count). The minimum Gasteiger partial charge on any atom is -0.495 e. The summed E-state index contributed by atoms with van der Waals surface area (Å²) in [5, 5.41) is 0. The van der Waals surface area contributed by atoms with Gasteiger partial charge in [0, 0.05) is 46.8 Å². The molecule has 0 spiro atoms. The van der Waals surface area contributed by atoms with Crippen molar-refractivity contribution in [2.24, 2.45) is 4.99 Å². The second-order valence-electron chi connectivity index (χ2n) is 5.31. The van der Waals surface area contributed by atoms with Crippen LogP contribution in [0.3, 0.4) is 0 Å². The number of rotatable bonds is 3. The lowest BCUT2D eigenvalue weighted by atomic mass is 10.2. The monoisotopic (exact) mass is 290 g/mol. The molecule has 0 amide bonds. The molecule has 0 radical (unpaired) electrons. The minimum atomic E-state index is 0.820. The Morgan fingerprint density at radius 3 is 2.43 bits per heavy atom. The zero-order valence-electron chi connectivity index (χ0n) is 13.5. The van der Waals surface area contributed by atoms with E-state index in [4.69, 9.17) is 4.74 Å². The molecule has 5 heteroatoms. The van der Waals surface area contributed by atoms with Crippen LogP contribution in [0.15, 0.2) is 29.3 Å². The molecule has 0 aromatic heterocycles. The Morgan fingerprint density at radius 2 is 1.86 bits per heavy atom. The fourth-order valence-corrected chi connectivity index (χ4v) is 2.70. The molecule has 0 saturated carbocycles. The average molecular weight is 290 g/mol. The van der Waals surface area contributed by atoms with Crippen molar-refractivity contribution in [2.45, 2.75) is 6.92 Å². The lowest BCUT2D eigenvalue weighted by Crippen LogP contribution is -2.52. The summed E-state index contributed by atoms with van der Waals surface area (Å²) in [4.78, 5) is 11.4. The predicted octanol–water partition coefficient (Wildman–Crippen LogP) is 1.75. The maximum Gasteiger partial charge on any atom is 0.196 e. The van der Waals surface area contributed by atoms with Crippen LogP contribution in [0, 0.1) is 0 Å². The van der Waals surface area contributed by atoms with Gasteiger partial charge in [0.2, 0.25) is 0 Å². The third-order valence-corrected chi connectivity index (χ3v) is 3.69. The van der Waals surface area contributed by atoms with E-state index in [0.717, 1.165) is 44.4 Å². The molecule has 5 nitrogen and oxygen atoms in total. The van der Waals surface area contributed by atoms with Crippen molar-refractivity contribution < 1.29 is 4.74 Å². The molecule has 21 heavy (non-hydrogen) atoms. The lowest BCUT2D eigenvalue weighted by molar-refractivity contribution is 0.339. The maximum atomic E-state index is 5.46. The number of hydrogen-bond acceptors (Lipinski definition) is 3. The largest absolute Gasteiger partial charge is 0.495 e. The summed E-state index contributed by atoms with van der Waals surface area (Å²) >= 11 is 0. The summed E-state index contributed by atoms with van der Waals surface area (Å²) in [5.41, 5.74) is 1.18. The van der Waals surface area contributed by atoms with Crippen LogP contribution in [0.5, 0.6) is 5.75 Å². The van der Waals surface area contributed by atoms with E-state index in [-0.39, 0.29) is 0 Å². The smallest absolute Gasteiger partial charge is 0.196 e. The molecule has 1 heterocycles. The molecule has 0 aliphatic carbocycles. The van der Waals surface area contributed by atoms with Crippen LogP contribution >= 0.6 is 0 Å². The van der Waals surface area contributed by atoms with E-state index in [2.05, 4.69) is 52.8 Å². The fraction of sp³-hybridized carbons (Fsp3) is 0.562. The molecule has 1 aliphatic rings. The molecule has 0 unspecified atom stereocenters. The van der Waals surface area contributed by atoms with E-state index < -0.39 is 0 Å². The zero-order chi connectivity index (χ0) is 15.2. The average Bonchev–Trinajstić information content (AvgIpc) is 2.52. The summed E-state index contributed by atoms with van der Waals surface area (Å²) in [6, 6.07) is 8.22. The number of ether oxygens (including phenoxy) is 1. The summed E-state index contributed by atoms with van der Waals surface area (Å²) in [6.45, 7) is 6.83. The van der Waals surface area contributed by atoms with Gasteiger partial charge in [-0.15, -0.1) is 0 Å². The molecule has 0 bridgehead atoms. The first-order chi connectivity index (χ1) is 10.2. The molecule has 1 aromatic carbocycles. The molecule has 0 N–H and O–H groups in total. The highest BCUT2D eigenvalue weighted by molar-refractivity contribution is 5.80. The van der Waals surface area contributed by atoms with Crippen LogP contribution in [0.2, 0.25) is 0 Å². The Hall–Kier alpha value is -1.91. The number of guanidine groups is 1. The van der Waals surface area contributed by atoms with Crippen LogP contribution < -0.4 is 9.64 Å². The lowest BCUT2D eigenvalue weighted by Gasteiger charge is -2.39. The number of para-hydroxylation sites is 2. The van der Waals surface area contributed by atoms with Crippen LogP contribution in [0.1, 0.15) is 6.92 Å². The minimum absolute atomic E-state index is 0.820. The van der Waals surface area contributed by atoms with Gasteiger partial charge in [-0.05, 0) is 19.1 Å². The van der Waals surface area contributed by atoms with E-state index in [1.165, 1.54) is 5.69 Å². The van der Waals surface area contributed by atoms with Gasteiger partial charge in [0.25, 0.3) is 0 Å². The van der Waals surface area contributed by atoms with Gasteiger partial charge < -0.3 is 19.4 Å². The van der Waals surface area contributed by atoms with Crippen molar-refractivity contribution in [1.29, 1.82) is 0 Å². The Kier molecular flexibility index (Phi) is 5.31. The van der Waals surface area contributed by atoms with E-state index in [1.54, 1.807) is 7.11 Å². The highest BCUT2D eigenvalue weighted by Crippen LogP contribution is 2.28. The molecule has 1 fully saturated rings. The van der Waals surface area contributed by atoms with Gasteiger partial charge in [0.15, 0.2) is 5.96 Å². The van der Waals surface area contributed by atoms with Gasteiger partial charge in [-0.1, -0.05) is 12.1 Å². The normalized spacial score (nSPS) is 16.1. The standard InChI is InChI=1S/C16H26N4O/c1-5-17-16(18(2)3)20-12-10-19(11-13-20)14-8-6-7-9-15(14)21-4/h6-9H,5,10-13H2,1-4H3. The summed E-state index contributed by atoms with van der Waals surface area (Å²) in [6.07, 6.45) is 0. The number of anilines is 1. The fourth-order valence-electron chi connectivity index (χ4n) is 2.70. The van der Waals surface area contributed by atoms with Crippen LogP contribution in [-0.2, 0) is 0 Å². The van der Waals surface area contributed by atoms with E-state index >= 15 is 0 Å². The molecule has 116 valence electrons. The first-order valence-corrected chi connectivity index (χ1v) is 7.52. The van der Waals surface area contributed by atoms with Crippen molar-refractivity contribution in [3.63, 3.8) is 0 Å². The Bertz CT molecular complexity index is 479. The molecule has 1 aromatic rings. The Labute approximate surface area is 127 Å². The second kappa shape index (κ2) is 7.20. The van der Waals surface area contributed by atoms with Crippen molar-refractivity contribution in [1.82, 2.24) is 9.80 Å². The highest BCUT2D eigenvalue weighted by Gasteiger charge is 2.22. The molecule has 1 saturated heterocycles. The Balaban J connectivity index is 2.04. The Morgan fingerprint density at radius 1 is 1.19 bits per heavy atom. The summed E-state index contributed by atoms with van der Waals surface area (Å²) in [7, 11) is 5.84. The van der Waals surface area contributed by atoms with Crippen LogP contribution in [0.4, 0.5) is 5.69 Å². The van der Waals surface area contributed by atoms with Gasteiger partial charge in [-0.2, -0.15) is 0 Å². The van der Waals surface area contributed by atoms with Crippen molar-refractivity contribution in [3.8, 4) is 5.75 Å². The SMILES string of the molecule is CCN=C(N(C)C)N1CCN(c2ccccc2OC)CC1. The first-order valence-electron chi connectivity index (χ1n) is 7.52. The molecule has 1 aliphatic heterocycles. The number of methoxy groups -OCH3 is 1. The van der Waals surface area contributed by atoms with Gasteiger partial charge in [-0.3, -0.25) is 4.99 Å². The van der Waals surface area contributed by atoms with Gasteiger partial charge in [0.05, 0.1) is 12.8 Å². The predicted molar refractivity (Wildman–Crippen MR) is 88.4 cm³/mol. The summed E-state index contributed by atoms with van der Waals surface area (Å²) in [5.74, 6) is 2.03. The molecule has 0 atom stereocenters. The van der Waals surface area contributed by atoms with Crippen molar-refractivity contribution >= 4 is 11.6 Å². The van der Waals surface area contributed by atoms with E-state index in [1.807, 2.05) is 12.1 Å². The first kappa shape index (κ1) is 15.5. The van der Waals surface area contributed by atoms with Gasteiger partial charge >= 0.3 is 0 Å². The second-order valence-corrected chi connectivity index (χ2v) is 5.31. The molecular weight excluding hydrogens is 264 g/mol. The maximum absolute atomic E-state index is 5.46. The number of piperazine rings is 1. The van der Waals surface area contributed by atoms with Crippen molar-refractivity contribution in [2.75, 3.05) is 58.8 Å². The zero-order valence-corrected chi connectivity index (χ0v) is 13.5. The topological polar surface area (TPSA) is 31.3 Å². The number of aliphatic imine (C=N–C) groups is 1. The van der Waals surface area contributed by atoms with E-state index in [9.17, 15) is 0 Å².